The van der Waals surface area contributed by atoms with Gasteiger partial charge in [-0.3, -0.25) is 4.79 Å². The number of esters is 1. The lowest BCUT2D eigenvalue weighted by molar-refractivity contribution is 0.0524. The van der Waals surface area contributed by atoms with Gasteiger partial charge in [-0.2, -0.15) is 4.98 Å². The molecule has 0 bridgehead atoms. The van der Waals surface area contributed by atoms with Crippen molar-refractivity contribution in [2.45, 2.75) is 13.3 Å². The third kappa shape index (κ3) is 5.31. The van der Waals surface area contributed by atoms with Crippen molar-refractivity contribution in [3.63, 3.8) is 0 Å². The molecule has 4 rings (SSSR count). The number of benzene rings is 2. The van der Waals surface area contributed by atoms with Gasteiger partial charge in [0, 0.05) is 35.3 Å². The van der Waals surface area contributed by atoms with Gasteiger partial charge in [-0.15, -0.1) is 0 Å². The van der Waals surface area contributed by atoms with E-state index in [1.807, 2.05) is 12.1 Å². The number of carbonyl (C=O) groups excluding carboxylic acids is 1. The molecule has 0 spiro atoms. The van der Waals surface area contributed by atoms with Gasteiger partial charge < -0.3 is 30.7 Å². The van der Waals surface area contributed by atoms with E-state index in [0.29, 0.717) is 51.3 Å². The summed E-state index contributed by atoms with van der Waals surface area (Å²) in [4.78, 5) is 35.7. The molecule has 5 N–H and O–H groups in total. The summed E-state index contributed by atoms with van der Waals surface area (Å²) in [5, 5.41) is 0.362. The van der Waals surface area contributed by atoms with Crippen LogP contribution in [0, 0.1) is 11.8 Å². The molecule has 0 aliphatic heterocycles. The maximum atomic E-state index is 12.7. The minimum absolute atomic E-state index is 0.0473. The predicted molar refractivity (Wildman–Crippen MR) is 140 cm³/mol. The first-order chi connectivity index (χ1) is 17.8. The lowest BCUT2D eigenvalue weighted by Gasteiger charge is -2.13. The Morgan fingerprint density at radius 2 is 1.92 bits per heavy atom. The fourth-order valence-corrected chi connectivity index (χ4v) is 3.81. The van der Waals surface area contributed by atoms with Gasteiger partial charge in [0.05, 0.1) is 31.9 Å². The molecular weight excluding hydrogens is 474 g/mol. The predicted octanol–water partition coefficient (Wildman–Crippen LogP) is 2.67. The van der Waals surface area contributed by atoms with Crippen LogP contribution in [-0.4, -0.2) is 41.7 Å². The lowest BCUT2D eigenvalue weighted by Crippen LogP contribution is -2.18. The van der Waals surface area contributed by atoms with Crippen LogP contribution in [0.5, 0.6) is 11.5 Å². The van der Waals surface area contributed by atoms with E-state index in [4.69, 9.17) is 25.7 Å². The van der Waals surface area contributed by atoms with E-state index in [0.717, 1.165) is 5.56 Å². The topological polar surface area (TPSA) is 155 Å². The van der Waals surface area contributed by atoms with Crippen molar-refractivity contribution in [3.8, 4) is 23.3 Å². The van der Waals surface area contributed by atoms with Crippen molar-refractivity contribution >= 4 is 28.6 Å². The molecule has 2 heterocycles. The highest BCUT2D eigenvalue weighted by Crippen LogP contribution is 2.33. The highest BCUT2D eigenvalue weighted by atomic mass is 16.5. The lowest BCUT2D eigenvalue weighted by atomic mass is 10.0. The number of ether oxygens (including phenoxy) is 3. The van der Waals surface area contributed by atoms with Crippen LogP contribution < -0.4 is 26.4 Å². The Labute approximate surface area is 212 Å². The number of methoxy groups -OCH3 is 2. The molecule has 0 aliphatic rings. The molecule has 0 saturated heterocycles. The number of rotatable bonds is 6. The van der Waals surface area contributed by atoms with E-state index in [-0.39, 0.29) is 18.1 Å². The molecule has 10 heteroatoms. The summed E-state index contributed by atoms with van der Waals surface area (Å²) < 4.78 is 16.0. The molecule has 10 nitrogen and oxygen atoms in total. The number of aromatic amines is 1. The zero-order valence-corrected chi connectivity index (χ0v) is 20.5. The number of anilines is 2. The Balaban J connectivity index is 1.71. The second kappa shape index (κ2) is 10.7. The molecule has 0 saturated carbocycles. The van der Waals surface area contributed by atoms with Gasteiger partial charge in [0.2, 0.25) is 11.4 Å². The molecule has 2 aromatic heterocycles. The average Bonchev–Trinajstić information content (AvgIpc) is 2.89. The van der Waals surface area contributed by atoms with Crippen LogP contribution in [0.25, 0.3) is 10.9 Å². The Hall–Kier alpha value is -5.04. The third-order valence-electron chi connectivity index (χ3n) is 5.57. The molecule has 2 aromatic carbocycles. The van der Waals surface area contributed by atoms with Gasteiger partial charge in [0.15, 0.2) is 11.5 Å². The fraction of sp³-hybridized carbons (Fsp3) is 0.185. The van der Waals surface area contributed by atoms with E-state index in [1.165, 1.54) is 13.3 Å². The summed E-state index contributed by atoms with van der Waals surface area (Å²) >= 11 is 0. The van der Waals surface area contributed by atoms with Crippen LogP contribution in [0.1, 0.15) is 39.5 Å². The molecule has 0 amide bonds. The molecule has 4 aromatic rings. The summed E-state index contributed by atoms with van der Waals surface area (Å²) in [5.41, 5.74) is 14.5. The molecule has 0 atom stereocenters. The maximum absolute atomic E-state index is 12.7. The number of nitrogens with zero attached hydrogens (tertiary/aromatic N) is 2. The molecule has 0 fully saturated rings. The first-order valence-electron chi connectivity index (χ1n) is 11.3. The maximum Gasteiger partial charge on any atom is 0.343 e. The van der Waals surface area contributed by atoms with Crippen LogP contribution in [-0.2, 0) is 11.2 Å². The van der Waals surface area contributed by atoms with E-state index in [2.05, 4.69) is 26.8 Å². The van der Waals surface area contributed by atoms with Gasteiger partial charge in [-0.25, -0.2) is 9.78 Å². The van der Waals surface area contributed by atoms with Gasteiger partial charge in [-0.1, -0.05) is 11.8 Å². The number of nitrogen functional groups attached to an aromatic ring is 2. The minimum Gasteiger partial charge on any atom is -0.493 e. The Kier molecular flexibility index (Phi) is 7.25. The largest absolute Gasteiger partial charge is 0.493 e. The number of fused-ring (bicyclic) bond motifs is 1. The molecule has 0 radical (unpaired) electrons. The van der Waals surface area contributed by atoms with Gasteiger partial charge >= 0.3 is 5.97 Å². The summed E-state index contributed by atoms with van der Waals surface area (Å²) in [6, 6.07) is 8.78. The minimum atomic E-state index is -0.664. The van der Waals surface area contributed by atoms with E-state index in [9.17, 15) is 9.59 Å². The number of hydrogen-bond donors (Lipinski definition) is 3. The fourth-order valence-electron chi connectivity index (χ4n) is 3.81. The SMILES string of the molecule is CCOC(=O)c1c[nH]c2cc(C#Cc3cc(Cc4cnc(N)nc4N)cc(OC)c3OC)ccc2c1=O. The van der Waals surface area contributed by atoms with E-state index in [1.54, 1.807) is 38.4 Å². The van der Waals surface area contributed by atoms with Crippen LogP contribution in [0.15, 0.2) is 47.5 Å². The second-order valence-corrected chi connectivity index (χ2v) is 7.96. The molecule has 37 heavy (non-hydrogen) atoms. The summed E-state index contributed by atoms with van der Waals surface area (Å²) in [7, 11) is 3.08. The van der Waals surface area contributed by atoms with Crippen molar-refractivity contribution in [1.82, 2.24) is 15.0 Å². The van der Waals surface area contributed by atoms with Crippen molar-refractivity contribution < 1.29 is 19.0 Å². The Morgan fingerprint density at radius 3 is 2.62 bits per heavy atom. The number of nitrogens with two attached hydrogens (primary N) is 2. The van der Waals surface area contributed by atoms with Crippen molar-refractivity contribution in [3.05, 3.63) is 80.8 Å². The van der Waals surface area contributed by atoms with E-state index < -0.39 is 11.4 Å². The van der Waals surface area contributed by atoms with Gasteiger partial charge in [0.1, 0.15) is 11.4 Å². The second-order valence-electron chi connectivity index (χ2n) is 7.96. The molecule has 0 unspecified atom stereocenters. The van der Waals surface area contributed by atoms with Gasteiger partial charge in [-0.05, 0) is 42.8 Å². The quantitative estimate of drug-likeness (QED) is 0.268. The normalized spacial score (nSPS) is 10.5. The number of aromatic nitrogens is 3. The average molecular weight is 500 g/mol. The first kappa shape index (κ1) is 25.1. The van der Waals surface area contributed by atoms with Crippen LogP contribution in [0.3, 0.4) is 0 Å². The summed E-state index contributed by atoms with van der Waals surface area (Å²) in [5.74, 6) is 6.96. The number of nitrogens with one attached hydrogen (secondary N) is 1. The van der Waals surface area contributed by atoms with Gasteiger partial charge in [0.25, 0.3) is 0 Å². The number of hydrogen-bond acceptors (Lipinski definition) is 9. The van der Waals surface area contributed by atoms with Crippen LogP contribution in [0.4, 0.5) is 11.8 Å². The Bertz CT molecular complexity index is 1620. The molecular formula is C27H25N5O5. The van der Waals surface area contributed by atoms with Crippen molar-refractivity contribution in [1.29, 1.82) is 0 Å². The summed E-state index contributed by atoms with van der Waals surface area (Å²) in [6.07, 6.45) is 3.37. The van der Waals surface area contributed by atoms with Crippen molar-refractivity contribution in [2.75, 3.05) is 32.3 Å². The smallest absolute Gasteiger partial charge is 0.343 e. The third-order valence-corrected chi connectivity index (χ3v) is 5.57. The zero-order valence-electron chi connectivity index (χ0n) is 20.5. The molecule has 0 aliphatic carbocycles. The number of H-pyrrole nitrogens is 1. The first-order valence-corrected chi connectivity index (χ1v) is 11.3. The molecule has 188 valence electrons. The number of pyridine rings is 1. The number of carbonyl (C=O) groups is 1. The highest BCUT2D eigenvalue weighted by molar-refractivity contribution is 5.93. The van der Waals surface area contributed by atoms with E-state index >= 15 is 0 Å². The van der Waals surface area contributed by atoms with Crippen LogP contribution >= 0.6 is 0 Å². The highest BCUT2D eigenvalue weighted by Gasteiger charge is 2.15. The van der Waals surface area contributed by atoms with Crippen LogP contribution in [0.2, 0.25) is 0 Å². The zero-order chi connectivity index (χ0) is 26.5. The Morgan fingerprint density at radius 1 is 1.11 bits per heavy atom. The monoisotopic (exact) mass is 499 g/mol. The van der Waals surface area contributed by atoms with Crippen molar-refractivity contribution in [2.24, 2.45) is 0 Å². The standard InChI is InChI=1S/C27H25N5O5/c1-4-37-26(34)20-14-30-21-11-15(6-8-19(21)23(20)33)5-7-17-9-16(12-22(35-2)24(17)36-3)10-18-13-31-27(29)32-25(18)28/h6,8-9,11-14H,4,10H2,1-3H3,(H,30,33)(H4,28,29,31,32). The summed E-state index contributed by atoms with van der Waals surface area (Å²) in [6.45, 7) is 1.86.